The van der Waals surface area contributed by atoms with Crippen LogP contribution in [-0.2, 0) is 0 Å². The first kappa shape index (κ1) is 7.72. The van der Waals surface area contributed by atoms with E-state index in [1.54, 1.807) is 6.92 Å². The Morgan fingerprint density at radius 3 is 2.69 bits per heavy atom. The van der Waals surface area contributed by atoms with Gasteiger partial charge in [0.15, 0.2) is 17.9 Å². The normalized spacial score (nSPS) is 10.2. The Morgan fingerprint density at radius 2 is 2.15 bits per heavy atom. The van der Waals surface area contributed by atoms with Crippen LogP contribution in [0.2, 0.25) is 0 Å². The van der Waals surface area contributed by atoms with E-state index >= 15 is 0 Å². The van der Waals surface area contributed by atoms with E-state index in [0.29, 0.717) is 23.8 Å². The molecule has 2 aromatic heterocycles. The van der Waals surface area contributed by atoms with Crippen LogP contribution in [0.25, 0.3) is 11.6 Å². The number of hydrogen-bond donors (Lipinski definition) is 0. The van der Waals surface area contributed by atoms with Gasteiger partial charge in [-0.25, -0.2) is 9.97 Å². The second kappa shape index (κ2) is 2.85. The summed E-state index contributed by atoms with van der Waals surface area (Å²) in [6, 6.07) is 0. The number of aryl methyl sites for hydroxylation is 1. The molecule has 0 fully saturated rings. The molecule has 0 atom stereocenters. The molecule has 0 saturated heterocycles. The third-order valence-electron chi connectivity index (χ3n) is 1.48. The molecule has 0 amide bonds. The first-order valence-corrected chi connectivity index (χ1v) is 3.63. The lowest BCUT2D eigenvalue weighted by atomic mass is 10.5. The van der Waals surface area contributed by atoms with Crippen molar-refractivity contribution < 1.29 is 13.6 Å². The van der Waals surface area contributed by atoms with E-state index in [-0.39, 0.29) is 5.69 Å². The molecule has 0 saturated carbocycles. The van der Waals surface area contributed by atoms with E-state index in [1.165, 1.54) is 12.5 Å². The lowest BCUT2D eigenvalue weighted by Crippen LogP contribution is -1.80. The molecular weight excluding hydrogens is 172 g/mol. The van der Waals surface area contributed by atoms with Gasteiger partial charge in [0, 0.05) is 6.92 Å². The molecule has 2 rings (SSSR count). The molecular formula is C8H6N2O3. The Morgan fingerprint density at radius 1 is 1.31 bits per heavy atom. The van der Waals surface area contributed by atoms with Crippen LogP contribution in [0, 0.1) is 6.92 Å². The van der Waals surface area contributed by atoms with Gasteiger partial charge in [0.25, 0.3) is 0 Å². The Kier molecular flexibility index (Phi) is 1.70. The lowest BCUT2D eigenvalue weighted by molar-refractivity contribution is 0.111. The fourth-order valence-electron chi connectivity index (χ4n) is 0.920. The minimum atomic E-state index is 0.246. The molecule has 13 heavy (non-hydrogen) atoms. The summed E-state index contributed by atoms with van der Waals surface area (Å²) in [4.78, 5) is 18.1. The summed E-state index contributed by atoms with van der Waals surface area (Å²) in [5, 5.41) is 0. The maximum absolute atomic E-state index is 10.3. The molecule has 0 aliphatic heterocycles. The van der Waals surface area contributed by atoms with Gasteiger partial charge in [-0.15, -0.1) is 0 Å². The SMILES string of the molecule is Cc1nc(-c2nc(C=O)co2)co1. The van der Waals surface area contributed by atoms with Gasteiger partial charge in [-0.3, -0.25) is 4.79 Å². The maximum Gasteiger partial charge on any atom is 0.249 e. The van der Waals surface area contributed by atoms with E-state index < -0.39 is 0 Å². The molecule has 2 aromatic rings. The third-order valence-corrected chi connectivity index (χ3v) is 1.48. The van der Waals surface area contributed by atoms with Crippen molar-refractivity contribution in [2.75, 3.05) is 0 Å². The summed E-state index contributed by atoms with van der Waals surface area (Å²) in [5.74, 6) is 0.819. The van der Waals surface area contributed by atoms with Crippen LogP contribution in [-0.4, -0.2) is 16.3 Å². The van der Waals surface area contributed by atoms with Crippen molar-refractivity contribution in [1.82, 2.24) is 9.97 Å². The molecule has 0 aromatic carbocycles. The van der Waals surface area contributed by atoms with Crippen molar-refractivity contribution >= 4 is 6.29 Å². The smallest absolute Gasteiger partial charge is 0.249 e. The lowest BCUT2D eigenvalue weighted by Gasteiger charge is -1.81. The van der Waals surface area contributed by atoms with E-state index in [1.807, 2.05) is 0 Å². The highest BCUT2D eigenvalue weighted by atomic mass is 16.4. The average Bonchev–Trinajstić information content (AvgIpc) is 2.71. The molecule has 2 heterocycles. The van der Waals surface area contributed by atoms with E-state index in [9.17, 15) is 4.79 Å². The highest BCUT2D eigenvalue weighted by molar-refractivity contribution is 5.72. The maximum atomic E-state index is 10.3. The molecule has 0 aliphatic rings. The second-order valence-corrected chi connectivity index (χ2v) is 2.45. The Hall–Kier alpha value is -1.91. The van der Waals surface area contributed by atoms with Crippen LogP contribution in [0.1, 0.15) is 16.4 Å². The fourth-order valence-corrected chi connectivity index (χ4v) is 0.920. The summed E-state index contributed by atoms with van der Waals surface area (Å²) < 4.78 is 9.95. The Bertz CT molecular complexity index is 430. The van der Waals surface area contributed by atoms with Gasteiger partial charge in [0.05, 0.1) is 0 Å². The largest absolute Gasteiger partial charge is 0.448 e. The molecule has 0 N–H and O–H groups in total. The van der Waals surface area contributed by atoms with Gasteiger partial charge < -0.3 is 8.83 Å². The van der Waals surface area contributed by atoms with Gasteiger partial charge in [-0.1, -0.05) is 0 Å². The van der Waals surface area contributed by atoms with Crippen molar-refractivity contribution in [3.63, 3.8) is 0 Å². The molecule has 5 heteroatoms. The number of aromatic nitrogens is 2. The minimum absolute atomic E-state index is 0.246. The fraction of sp³-hybridized carbons (Fsp3) is 0.125. The quantitative estimate of drug-likeness (QED) is 0.651. The first-order chi connectivity index (χ1) is 6.29. The van der Waals surface area contributed by atoms with Crippen molar-refractivity contribution in [1.29, 1.82) is 0 Å². The average molecular weight is 178 g/mol. The van der Waals surface area contributed by atoms with Crippen LogP contribution < -0.4 is 0 Å². The van der Waals surface area contributed by atoms with Crippen LogP contribution >= 0.6 is 0 Å². The number of aldehydes is 1. The number of nitrogens with zero attached hydrogens (tertiary/aromatic N) is 2. The van der Waals surface area contributed by atoms with Crippen molar-refractivity contribution in [3.05, 3.63) is 24.1 Å². The van der Waals surface area contributed by atoms with Crippen molar-refractivity contribution in [2.45, 2.75) is 6.92 Å². The summed E-state index contributed by atoms with van der Waals surface area (Å²) in [5.41, 5.74) is 0.737. The van der Waals surface area contributed by atoms with Gasteiger partial charge in [0.1, 0.15) is 18.2 Å². The predicted molar refractivity (Wildman–Crippen MR) is 42.1 cm³/mol. The highest BCUT2D eigenvalue weighted by Gasteiger charge is 2.09. The monoisotopic (exact) mass is 178 g/mol. The summed E-state index contributed by atoms with van der Waals surface area (Å²) in [6.07, 6.45) is 3.31. The van der Waals surface area contributed by atoms with Gasteiger partial charge >= 0.3 is 0 Å². The van der Waals surface area contributed by atoms with E-state index in [4.69, 9.17) is 8.83 Å². The Balaban J connectivity index is 2.40. The number of hydrogen-bond acceptors (Lipinski definition) is 5. The predicted octanol–water partition coefficient (Wildman–Crippen LogP) is 1.45. The van der Waals surface area contributed by atoms with Crippen LogP contribution in [0.15, 0.2) is 21.4 Å². The van der Waals surface area contributed by atoms with Crippen LogP contribution in [0.5, 0.6) is 0 Å². The van der Waals surface area contributed by atoms with E-state index in [2.05, 4.69) is 9.97 Å². The van der Waals surface area contributed by atoms with E-state index in [0.717, 1.165) is 0 Å². The second-order valence-electron chi connectivity index (χ2n) is 2.45. The van der Waals surface area contributed by atoms with Gasteiger partial charge in [-0.05, 0) is 0 Å². The number of carbonyl (C=O) groups excluding carboxylic acids is 1. The van der Waals surface area contributed by atoms with Crippen molar-refractivity contribution in [3.8, 4) is 11.6 Å². The first-order valence-electron chi connectivity index (χ1n) is 3.63. The van der Waals surface area contributed by atoms with Gasteiger partial charge in [0.2, 0.25) is 5.89 Å². The molecule has 0 bridgehead atoms. The highest BCUT2D eigenvalue weighted by Crippen LogP contribution is 2.16. The molecule has 0 aliphatic carbocycles. The molecule has 0 unspecified atom stereocenters. The van der Waals surface area contributed by atoms with Crippen LogP contribution in [0.3, 0.4) is 0 Å². The minimum Gasteiger partial charge on any atom is -0.448 e. The zero-order valence-corrected chi connectivity index (χ0v) is 6.85. The standard InChI is InChI=1S/C8H6N2O3/c1-5-9-7(4-12-5)8-10-6(2-11)3-13-8/h2-4H,1H3. The number of rotatable bonds is 2. The number of oxazole rings is 2. The molecule has 66 valence electrons. The third kappa shape index (κ3) is 1.35. The van der Waals surface area contributed by atoms with Crippen LogP contribution in [0.4, 0.5) is 0 Å². The number of carbonyl (C=O) groups is 1. The summed E-state index contributed by atoms with van der Waals surface area (Å²) in [7, 11) is 0. The molecule has 0 radical (unpaired) electrons. The zero-order valence-electron chi connectivity index (χ0n) is 6.85. The zero-order chi connectivity index (χ0) is 9.26. The van der Waals surface area contributed by atoms with Gasteiger partial charge in [-0.2, -0.15) is 0 Å². The summed E-state index contributed by atoms with van der Waals surface area (Å²) in [6.45, 7) is 1.72. The van der Waals surface area contributed by atoms with Crippen molar-refractivity contribution in [2.24, 2.45) is 0 Å². The topological polar surface area (TPSA) is 69.1 Å². The molecule has 5 nitrogen and oxygen atoms in total. The molecule has 0 spiro atoms. The summed E-state index contributed by atoms with van der Waals surface area (Å²) >= 11 is 0. The Labute approximate surface area is 73.4 Å².